The van der Waals surface area contributed by atoms with E-state index in [0.717, 1.165) is 34.2 Å². The Morgan fingerprint density at radius 3 is 2.45 bits per heavy atom. The molecule has 204 valence electrons. The number of hydrogen-bond donors (Lipinski definition) is 1. The van der Waals surface area contributed by atoms with Crippen LogP contribution < -0.4 is 9.80 Å². The maximum Gasteiger partial charge on any atom is 0.451 e. The molecular weight excluding hydrogens is 527 g/mol. The number of rotatable bonds is 4. The first-order chi connectivity index (χ1) is 19.5. The third-order valence-corrected chi connectivity index (χ3v) is 7.10. The smallest absolute Gasteiger partial charge is 0.378 e. The molecule has 0 amide bonds. The third-order valence-electron chi connectivity index (χ3n) is 7.10. The predicted octanol–water partition coefficient (Wildman–Crippen LogP) is 2.73. The van der Waals surface area contributed by atoms with Crippen molar-refractivity contribution in [3.8, 4) is 5.69 Å². The number of morpholine rings is 1. The molecule has 0 bridgehead atoms. The predicted molar refractivity (Wildman–Crippen MR) is 136 cm³/mol. The Bertz CT molecular complexity index is 1650. The highest BCUT2D eigenvalue weighted by molar-refractivity contribution is 5.87. The molecule has 2 aliphatic rings. The second-order valence-electron chi connectivity index (χ2n) is 9.43. The lowest BCUT2D eigenvalue weighted by molar-refractivity contribution is -0.145. The monoisotopic (exact) mass is 549 g/mol. The van der Waals surface area contributed by atoms with Crippen LogP contribution in [0.3, 0.4) is 0 Å². The Labute approximate surface area is 224 Å². The SMILES string of the molecule is FC(F)(F)c1ncnc(N2CCc3c([nH]c4ccc(-n5nccn5)cc34)[C@@H]2c2cnc(N3CCOCC3)nc2)n1. The Kier molecular flexibility index (Phi) is 5.80. The Balaban J connectivity index is 1.34. The van der Waals surface area contributed by atoms with Crippen LogP contribution in [0.25, 0.3) is 16.6 Å². The summed E-state index contributed by atoms with van der Waals surface area (Å²) in [4.78, 5) is 29.3. The molecule has 5 aromatic rings. The van der Waals surface area contributed by atoms with Crippen molar-refractivity contribution >= 4 is 22.8 Å². The summed E-state index contributed by atoms with van der Waals surface area (Å²) in [6, 6.07) is 5.28. The fraction of sp³-hybridized carbons (Fsp3) is 0.320. The first-order valence-electron chi connectivity index (χ1n) is 12.6. The minimum absolute atomic E-state index is 0.0738. The van der Waals surface area contributed by atoms with Gasteiger partial charge in [-0.15, -0.1) is 0 Å². The summed E-state index contributed by atoms with van der Waals surface area (Å²) in [7, 11) is 0. The number of hydrogen-bond acceptors (Lipinski definition) is 10. The highest BCUT2D eigenvalue weighted by atomic mass is 19.4. The van der Waals surface area contributed by atoms with Gasteiger partial charge in [0.05, 0.1) is 31.3 Å². The second kappa shape index (κ2) is 9.51. The highest BCUT2D eigenvalue weighted by Gasteiger charge is 2.38. The molecule has 1 fully saturated rings. The summed E-state index contributed by atoms with van der Waals surface area (Å²) in [6.07, 6.45) is 3.37. The average molecular weight is 550 g/mol. The zero-order valence-electron chi connectivity index (χ0n) is 21.0. The van der Waals surface area contributed by atoms with Crippen LogP contribution in [-0.2, 0) is 17.3 Å². The first kappa shape index (κ1) is 24.4. The standard InChI is InChI=1S/C25H22F3N11O/c26-25(27,28)22-31-14-32-24(36-22)38-6-3-17-18-11-16(39-33-4-5-34-39)1-2-19(18)35-20(17)21(38)15-12-29-23(30-13-15)37-7-9-40-10-8-37/h1-2,4-5,11-14,21,35H,3,6-10H2/t21-/m0/s1. The molecule has 0 unspecified atom stereocenters. The summed E-state index contributed by atoms with van der Waals surface area (Å²) in [5.74, 6) is -0.744. The Morgan fingerprint density at radius 1 is 0.925 bits per heavy atom. The zero-order valence-corrected chi connectivity index (χ0v) is 21.0. The third kappa shape index (κ3) is 4.27. The molecule has 15 heteroatoms. The maximum absolute atomic E-state index is 13.5. The molecule has 0 aliphatic carbocycles. The van der Waals surface area contributed by atoms with E-state index in [1.165, 1.54) is 4.80 Å². The molecule has 40 heavy (non-hydrogen) atoms. The fourth-order valence-corrected chi connectivity index (χ4v) is 5.27. The summed E-state index contributed by atoms with van der Waals surface area (Å²) in [5, 5.41) is 9.43. The highest BCUT2D eigenvalue weighted by Crippen LogP contribution is 2.40. The van der Waals surface area contributed by atoms with E-state index < -0.39 is 18.0 Å². The normalized spacial score (nSPS) is 17.8. The van der Waals surface area contributed by atoms with Gasteiger partial charge in [-0.1, -0.05) is 0 Å². The lowest BCUT2D eigenvalue weighted by Crippen LogP contribution is -2.39. The number of H-pyrrole nitrogens is 1. The molecule has 6 heterocycles. The Hall–Kier alpha value is -4.66. The van der Waals surface area contributed by atoms with E-state index in [2.05, 4.69) is 40.1 Å². The van der Waals surface area contributed by atoms with Crippen LogP contribution in [0.5, 0.6) is 0 Å². The van der Waals surface area contributed by atoms with E-state index in [1.807, 2.05) is 23.1 Å². The van der Waals surface area contributed by atoms with Crippen molar-refractivity contribution in [1.82, 2.24) is 44.9 Å². The number of aromatic amines is 1. The van der Waals surface area contributed by atoms with Crippen LogP contribution in [0.1, 0.15) is 28.7 Å². The van der Waals surface area contributed by atoms with Gasteiger partial charge in [0.25, 0.3) is 0 Å². The van der Waals surface area contributed by atoms with Gasteiger partial charge in [0.1, 0.15) is 12.4 Å². The van der Waals surface area contributed by atoms with Crippen molar-refractivity contribution in [1.29, 1.82) is 0 Å². The van der Waals surface area contributed by atoms with Crippen molar-refractivity contribution < 1.29 is 17.9 Å². The maximum atomic E-state index is 13.5. The van der Waals surface area contributed by atoms with Gasteiger partial charge in [0.15, 0.2) is 0 Å². The molecule has 2 aliphatic heterocycles. The van der Waals surface area contributed by atoms with Crippen molar-refractivity contribution in [2.45, 2.75) is 18.6 Å². The Morgan fingerprint density at radius 2 is 1.70 bits per heavy atom. The summed E-state index contributed by atoms with van der Waals surface area (Å²) in [5.41, 5.74) is 4.21. The molecular formula is C25H22F3N11O. The van der Waals surface area contributed by atoms with Gasteiger partial charge in [-0.25, -0.2) is 19.9 Å². The minimum atomic E-state index is -4.70. The van der Waals surface area contributed by atoms with Crippen LogP contribution in [0.2, 0.25) is 0 Å². The van der Waals surface area contributed by atoms with Gasteiger partial charge < -0.3 is 19.5 Å². The lowest BCUT2D eigenvalue weighted by atomic mass is 9.94. The van der Waals surface area contributed by atoms with Gasteiger partial charge >= 0.3 is 6.18 Å². The molecule has 0 saturated carbocycles. The zero-order chi connectivity index (χ0) is 27.3. The summed E-state index contributed by atoms with van der Waals surface area (Å²) < 4.78 is 45.9. The lowest BCUT2D eigenvalue weighted by Gasteiger charge is -2.36. The quantitative estimate of drug-likeness (QED) is 0.358. The van der Waals surface area contributed by atoms with E-state index >= 15 is 0 Å². The molecule has 1 N–H and O–H groups in total. The average Bonchev–Trinajstić information content (AvgIpc) is 3.65. The number of nitrogens with one attached hydrogen (secondary N) is 1. The number of halogens is 3. The summed E-state index contributed by atoms with van der Waals surface area (Å²) >= 11 is 0. The van der Waals surface area contributed by atoms with E-state index in [0.29, 0.717) is 50.8 Å². The number of ether oxygens (including phenoxy) is 1. The number of anilines is 2. The van der Waals surface area contributed by atoms with Crippen molar-refractivity contribution in [3.05, 3.63) is 72.0 Å². The van der Waals surface area contributed by atoms with Gasteiger partial charge in [0, 0.05) is 54.2 Å². The minimum Gasteiger partial charge on any atom is -0.378 e. The molecule has 12 nitrogen and oxygen atoms in total. The number of aromatic nitrogens is 9. The van der Waals surface area contributed by atoms with Gasteiger partial charge in [-0.2, -0.15) is 33.1 Å². The number of benzene rings is 1. The number of fused-ring (bicyclic) bond motifs is 3. The van der Waals surface area contributed by atoms with Gasteiger partial charge in [-0.05, 0) is 30.2 Å². The number of nitrogens with zero attached hydrogens (tertiary/aromatic N) is 10. The second-order valence-corrected chi connectivity index (χ2v) is 9.43. The fourth-order valence-electron chi connectivity index (χ4n) is 5.27. The van der Waals surface area contributed by atoms with E-state index in [4.69, 9.17) is 4.74 Å². The number of alkyl halides is 3. The van der Waals surface area contributed by atoms with E-state index in [1.54, 1.807) is 29.7 Å². The molecule has 4 aromatic heterocycles. The van der Waals surface area contributed by atoms with Crippen LogP contribution in [0, 0.1) is 0 Å². The molecule has 7 rings (SSSR count). The molecule has 1 saturated heterocycles. The van der Waals surface area contributed by atoms with Crippen molar-refractivity contribution in [2.24, 2.45) is 0 Å². The van der Waals surface area contributed by atoms with Gasteiger partial charge in [-0.3, -0.25) is 0 Å². The largest absolute Gasteiger partial charge is 0.451 e. The topological polar surface area (TPSA) is 127 Å². The van der Waals surface area contributed by atoms with E-state index in [9.17, 15) is 13.2 Å². The summed E-state index contributed by atoms with van der Waals surface area (Å²) in [6.45, 7) is 2.91. The van der Waals surface area contributed by atoms with Gasteiger partial charge in [0.2, 0.25) is 17.7 Å². The molecule has 1 atom stereocenters. The first-order valence-corrected chi connectivity index (χ1v) is 12.6. The van der Waals surface area contributed by atoms with Crippen molar-refractivity contribution in [2.75, 3.05) is 42.6 Å². The molecule has 1 aromatic carbocycles. The van der Waals surface area contributed by atoms with Crippen LogP contribution in [0.4, 0.5) is 25.1 Å². The van der Waals surface area contributed by atoms with Crippen LogP contribution >= 0.6 is 0 Å². The molecule has 0 radical (unpaired) electrons. The van der Waals surface area contributed by atoms with E-state index in [-0.39, 0.29) is 5.95 Å². The van der Waals surface area contributed by atoms with Crippen LogP contribution in [0.15, 0.2) is 49.3 Å². The van der Waals surface area contributed by atoms with Crippen molar-refractivity contribution in [3.63, 3.8) is 0 Å². The van der Waals surface area contributed by atoms with Crippen LogP contribution in [-0.4, -0.2) is 77.7 Å². The molecule has 0 spiro atoms.